The van der Waals surface area contributed by atoms with Crippen LogP contribution in [0.25, 0.3) is 0 Å². The third kappa shape index (κ3) is 3.64. The SMILES string of the molecule is O=C(c1ccc(F)cc1)c1ccccc1C(=O)N1CCC[C@H](C(=O)O)C1. The molecule has 0 bridgehead atoms. The topological polar surface area (TPSA) is 74.7 Å². The molecule has 1 N–H and O–H groups in total. The summed E-state index contributed by atoms with van der Waals surface area (Å²) in [5, 5.41) is 9.20. The zero-order chi connectivity index (χ0) is 18.7. The van der Waals surface area contributed by atoms with Crippen molar-refractivity contribution < 1.29 is 23.9 Å². The number of carboxylic acid groups (broad SMARTS) is 1. The Balaban J connectivity index is 1.89. The maximum atomic E-state index is 13.1. The molecule has 1 saturated heterocycles. The van der Waals surface area contributed by atoms with Crippen LogP contribution < -0.4 is 0 Å². The molecule has 0 radical (unpaired) electrons. The molecule has 5 nitrogen and oxygen atoms in total. The molecule has 1 fully saturated rings. The second kappa shape index (κ2) is 7.47. The highest BCUT2D eigenvalue weighted by Crippen LogP contribution is 2.22. The zero-order valence-corrected chi connectivity index (χ0v) is 14.0. The molecule has 0 aromatic heterocycles. The van der Waals surface area contributed by atoms with Gasteiger partial charge in [-0.25, -0.2) is 4.39 Å². The maximum Gasteiger partial charge on any atom is 0.308 e. The lowest BCUT2D eigenvalue weighted by Crippen LogP contribution is -2.42. The van der Waals surface area contributed by atoms with E-state index >= 15 is 0 Å². The Labute approximate surface area is 150 Å². The van der Waals surface area contributed by atoms with Crippen LogP contribution in [0.5, 0.6) is 0 Å². The third-order valence-electron chi connectivity index (χ3n) is 4.57. The number of halogens is 1. The van der Waals surface area contributed by atoms with Gasteiger partial charge in [-0.3, -0.25) is 14.4 Å². The van der Waals surface area contributed by atoms with Crippen LogP contribution in [0, 0.1) is 11.7 Å². The van der Waals surface area contributed by atoms with E-state index in [1.54, 1.807) is 24.3 Å². The van der Waals surface area contributed by atoms with Gasteiger partial charge in [0, 0.05) is 24.2 Å². The summed E-state index contributed by atoms with van der Waals surface area (Å²) >= 11 is 0. The van der Waals surface area contributed by atoms with Crippen LogP contribution in [0.1, 0.15) is 39.1 Å². The first-order valence-electron chi connectivity index (χ1n) is 8.38. The van der Waals surface area contributed by atoms with Gasteiger partial charge in [-0.15, -0.1) is 0 Å². The second-order valence-electron chi connectivity index (χ2n) is 6.31. The van der Waals surface area contributed by atoms with Crippen molar-refractivity contribution in [1.82, 2.24) is 4.90 Å². The van der Waals surface area contributed by atoms with Crippen LogP contribution in [0.15, 0.2) is 48.5 Å². The number of aliphatic carboxylic acids is 1. The van der Waals surface area contributed by atoms with E-state index in [1.807, 2.05) is 0 Å². The number of hydrogen-bond acceptors (Lipinski definition) is 3. The first-order chi connectivity index (χ1) is 12.5. The van der Waals surface area contributed by atoms with Gasteiger partial charge >= 0.3 is 5.97 Å². The normalized spacial score (nSPS) is 17.0. The number of piperidine rings is 1. The molecular weight excluding hydrogens is 337 g/mol. The van der Waals surface area contributed by atoms with Crippen molar-refractivity contribution in [2.75, 3.05) is 13.1 Å². The van der Waals surface area contributed by atoms with E-state index in [9.17, 15) is 23.9 Å². The largest absolute Gasteiger partial charge is 0.481 e. The molecule has 0 unspecified atom stereocenters. The van der Waals surface area contributed by atoms with Crippen LogP contribution in [-0.4, -0.2) is 40.8 Å². The molecule has 2 aromatic carbocycles. The number of ketones is 1. The van der Waals surface area contributed by atoms with Crippen LogP contribution in [0.3, 0.4) is 0 Å². The van der Waals surface area contributed by atoms with Crippen molar-refractivity contribution in [1.29, 1.82) is 0 Å². The molecule has 6 heteroatoms. The molecule has 1 amide bonds. The predicted octanol–water partition coefficient (Wildman–Crippen LogP) is 2.99. The van der Waals surface area contributed by atoms with Gasteiger partial charge in [0.05, 0.1) is 11.5 Å². The minimum Gasteiger partial charge on any atom is -0.481 e. The Bertz CT molecular complexity index is 847. The molecule has 1 aliphatic rings. The molecule has 2 aromatic rings. The number of hydrogen-bond donors (Lipinski definition) is 1. The highest BCUT2D eigenvalue weighted by Gasteiger charge is 2.30. The van der Waals surface area contributed by atoms with E-state index in [0.717, 1.165) is 0 Å². The predicted molar refractivity (Wildman–Crippen MR) is 92.5 cm³/mol. The minimum atomic E-state index is -0.918. The molecule has 1 atom stereocenters. The Morgan fingerprint density at radius 2 is 1.65 bits per heavy atom. The highest BCUT2D eigenvalue weighted by molar-refractivity contribution is 6.15. The van der Waals surface area contributed by atoms with Crippen molar-refractivity contribution in [3.8, 4) is 0 Å². The molecule has 1 aliphatic heterocycles. The Kier molecular flexibility index (Phi) is 5.11. The molecule has 1 heterocycles. The standard InChI is InChI=1S/C20H18FNO4/c21-15-9-7-13(8-10-15)18(23)16-5-1-2-6-17(16)19(24)22-11-3-4-14(12-22)20(25)26/h1-2,5-10,14H,3-4,11-12H2,(H,25,26)/t14-/m0/s1. The van der Waals surface area contributed by atoms with Crippen LogP contribution >= 0.6 is 0 Å². The molecule has 26 heavy (non-hydrogen) atoms. The summed E-state index contributed by atoms with van der Waals surface area (Å²) in [7, 11) is 0. The first-order valence-corrected chi connectivity index (χ1v) is 8.38. The average molecular weight is 355 g/mol. The number of carboxylic acids is 1. The quantitative estimate of drug-likeness (QED) is 0.856. The third-order valence-corrected chi connectivity index (χ3v) is 4.57. The van der Waals surface area contributed by atoms with Crippen LogP contribution in [-0.2, 0) is 4.79 Å². The van der Waals surface area contributed by atoms with Crippen molar-refractivity contribution in [2.45, 2.75) is 12.8 Å². The number of carbonyl (C=O) groups excluding carboxylic acids is 2. The number of nitrogens with zero attached hydrogens (tertiary/aromatic N) is 1. The molecule has 134 valence electrons. The summed E-state index contributed by atoms with van der Waals surface area (Å²) in [4.78, 5) is 38.4. The van der Waals surface area contributed by atoms with Gasteiger partial charge in [0.2, 0.25) is 0 Å². The van der Waals surface area contributed by atoms with E-state index in [-0.39, 0.29) is 34.9 Å². The lowest BCUT2D eigenvalue weighted by Gasteiger charge is -2.31. The van der Waals surface area contributed by atoms with Gasteiger partial charge < -0.3 is 10.0 Å². The van der Waals surface area contributed by atoms with E-state index in [0.29, 0.717) is 19.4 Å². The maximum absolute atomic E-state index is 13.1. The highest BCUT2D eigenvalue weighted by atomic mass is 19.1. The van der Waals surface area contributed by atoms with Gasteiger partial charge in [0.15, 0.2) is 5.78 Å². The summed E-state index contributed by atoms with van der Waals surface area (Å²) in [6, 6.07) is 11.6. The van der Waals surface area contributed by atoms with Gasteiger partial charge in [0.25, 0.3) is 5.91 Å². The van der Waals surface area contributed by atoms with Gasteiger partial charge in [-0.1, -0.05) is 18.2 Å². The van der Waals surface area contributed by atoms with Gasteiger partial charge in [-0.2, -0.15) is 0 Å². The molecule has 3 rings (SSSR count). The molecule has 0 spiro atoms. The monoisotopic (exact) mass is 355 g/mol. The Morgan fingerprint density at radius 1 is 1.00 bits per heavy atom. The number of rotatable bonds is 4. The molecule has 0 aliphatic carbocycles. The van der Waals surface area contributed by atoms with E-state index in [1.165, 1.54) is 29.2 Å². The number of likely N-dealkylation sites (tertiary alicyclic amines) is 1. The summed E-state index contributed by atoms with van der Waals surface area (Å²) in [5.74, 6) is -2.69. The zero-order valence-electron chi connectivity index (χ0n) is 14.0. The van der Waals surface area contributed by atoms with Crippen LogP contribution in [0.2, 0.25) is 0 Å². The molecular formula is C20H18FNO4. The lowest BCUT2D eigenvalue weighted by molar-refractivity contribution is -0.143. The van der Waals surface area contributed by atoms with Crippen molar-refractivity contribution in [2.24, 2.45) is 5.92 Å². The van der Waals surface area contributed by atoms with Crippen molar-refractivity contribution in [3.63, 3.8) is 0 Å². The Hall–Kier alpha value is -3.02. The van der Waals surface area contributed by atoms with Gasteiger partial charge in [0.1, 0.15) is 5.82 Å². The lowest BCUT2D eigenvalue weighted by atomic mass is 9.95. The fourth-order valence-electron chi connectivity index (χ4n) is 3.16. The van der Waals surface area contributed by atoms with E-state index < -0.39 is 17.7 Å². The van der Waals surface area contributed by atoms with E-state index in [4.69, 9.17) is 0 Å². The summed E-state index contributed by atoms with van der Waals surface area (Å²) < 4.78 is 13.1. The minimum absolute atomic E-state index is 0.132. The Morgan fingerprint density at radius 3 is 2.31 bits per heavy atom. The average Bonchev–Trinajstić information content (AvgIpc) is 2.67. The summed E-state index contributed by atoms with van der Waals surface area (Å²) in [6.07, 6.45) is 1.14. The fourth-order valence-corrected chi connectivity index (χ4v) is 3.16. The van der Waals surface area contributed by atoms with Gasteiger partial charge in [-0.05, 0) is 43.2 Å². The summed E-state index contributed by atoms with van der Waals surface area (Å²) in [6.45, 7) is 0.592. The number of amides is 1. The summed E-state index contributed by atoms with van der Waals surface area (Å²) in [5.41, 5.74) is 0.739. The number of benzene rings is 2. The first kappa shape index (κ1) is 17.8. The smallest absolute Gasteiger partial charge is 0.308 e. The second-order valence-corrected chi connectivity index (χ2v) is 6.31. The fraction of sp³-hybridized carbons (Fsp3) is 0.250. The van der Waals surface area contributed by atoms with Crippen molar-refractivity contribution >= 4 is 17.7 Å². The van der Waals surface area contributed by atoms with Crippen LogP contribution in [0.4, 0.5) is 4.39 Å². The van der Waals surface area contributed by atoms with Crippen molar-refractivity contribution in [3.05, 3.63) is 71.0 Å². The van der Waals surface area contributed by atoms with E-state index in [2.05, 4.69) is 0 Å². The number of carbonyl (C=O) groups is 3. The molecule has 0 saturated carbocycles.